The van der Waals surface area contributed by atoms with Crippen molar-refractivity contribution >= 4 is 56.5 Å². The second-order valence-electron chi connectivity index (χ2n) is 10.2. The van der Waals surface area contributed by atoms with Crippen LogP contribution < -0.4 is 30.9 Å². The van der Waals surface area contributed by atoms with E-state index in [-0.39, 0.29) is 36.5 Å². The Morgan fingerprint density at radius 1 is 1.05 bits per heavy atom. The van der Waals surface area contributed by atoms with Gasteiger partial charge in [0.05, 0.1) is 29.0 Å². The van der Waals surface area contributed by atoms with Crippen molar-refractivity contribution in [1.82, 2.24) is 20.9 Å². The molecule has 3 heterocycles. The van der Waals surface area contributed by atoms with Gasteiger partial charge in [0.15, 0.2) is 0 Å². The van der Waals surface area contributed by atoms with Crippen molar-refractivity contribution in [3.8, 4) is 11.5 Å². The van der Waals surface area contributed by atoms with E-state index in [1.54, 1.807) is 24.2 Å². The van der Waals surface area contributed by atoms with E-state index in [1.165, 1.54) is 11.3 Å². The zero-order valence-corrected chi connectivity index (χ0v) is 23.5. The summed E-state index contributed by atoms with van der Waals surface area (Å²) >= 11 is 1.26. The molecule has 0 radical (unpaired) electrons. The highest BCUT2D eigenvalue weighted by molar-refractivity contribution is 7.21. The van der Waals surface area contributed by atoms with E-state index in [0.717, 1.165) is 29.5 Å². The molecule has 41 heavy (non-hydrogen) atoms. The van der Waals surface area contributed by atoms with E-state index in [4.69, 9.17) is 4.74 Å². The highest BCUT2D eigenvalue weighted by atomic mass is 32.1. The van der Waals surface area contributed by atoms with E-state index in [0.29, 0.717) is 38.9 Å². The number of carbonyl (C=O) groups excluding carboxylic acids is 3. The molecule has 2 aliphatic rings. The third-order valence-electron chi connectivity index (χ3n) is 7.31. The molecule has 2 aromatic heterocycles. The Bertz CT molecular complexity index is 1640. The number of carbonyl (C=O) groups is 3. The highest BCUT2D eigenvalue weighted by Gasteiger charge is 2.34. The maximum absolute atomic E-state index is 13.5. The molecule has 0 spiro atoms. The first-order valence-corrected chi connectivity index (χ1v) is 14.3. The number of aromatic nitrogens is 1. The normalized spacial score (nSPS) is 17.8. The van der Waals surface area contributed by atoms with Gasteiger partial charge < -0.3 is 26.0 Å². The summed E-state index contributed by atoms with van der Waals surface area (Å²) in [6, 6.07) is 16.5. The molecular formula is C30H30N6O4S. The van der Waals surface area contributed by atoms with Crippen LogP contribution in [0.3, 0.4) is 0 Å². The zero-order valence-electron chi connectivity index (χ0n) is 22.7. The number of nitrogens with zero attached hydrogens (tertiary/aromatic N) is 2. The Morgan fingerprint density at radius 2 is 1.83 bits per heavy atom. The number of benzene rings is 2. The molecule has 1 saturated carbocycles. The van der Waals surface area contributed by atoms with Crippen molar-refractivity contribution in [3.63, 3.8) is 0 Å². The number of aryl methyl sites for hydroxylation is 1. The molecule has 1 aliphatic heterocycles. The van der Waals surface area contributed by atoms with Crippen LogP contribution in [0.15, 0.2) is 60.8 Å². The maximum Gasteiger partial charge on any atom is 0.331 e. The number of ether oxygens (including phenoxy) is 1. The molecule has 1 fully saturated rings. The molecule has 4 amide bonds. The third kappa shape index (κ3) is 5.33. The lowest BCUT2D eigenvalue weighted by Gasteiger charge is -2.29. The van der Waals surface area contributed by atoms with Crippen molar-refractivity contribution in [2.24, 2.45) is 0 Å². The summed E-state index contributed by atoms with van der Waals surface area (Å²) in [4.78, 5) is 46.1. The van der Waals surface area contributed by atoms with Gasteiger partial charge in [-0.05, 0) is 75.2 Å². The molecule has 1 unspecified atom stereocenters. The van der Waals surface area contributed by atoms with Gasteiger partial charge in [0.2, 0.25) is 5.91 Å². The van der Waals surface area contributed by atoms with Gasteiger partial charge >= 0.3 is 6.03 Å². The third-order valence-corrected chi connectivity index (χ3v) is 8.41. The quantitative estimate of drug-likeness (QED) is 0.235. The van der Waals surface area contributed by atoms with Gasteiger partial charge in [-0.3, -0.25) is 14.5 Å². The number of hydrogen-bond donors (Lipinski definition) is 4. The fourth-order valence-electron chi connectivity index (χ4n) is 5.48. The molecule has 1 aliphatic carbocycles. The average molecular weight is 571 g/mol. The number of anilines is 3. The highest BCUT2D eigenvalue weighted by Crippen LogP contribution is 2.46. The van der Waals surface area contributed by atoms with Gasteiger partial charge in [0.1, 0.15) is 21.2 Å². The molecule has 2 atom stereocenters. The standard InChI is InChI=1S/C30H30N6O4S/c1-17-14-21(40-20-6-4-3-5-7-20)10-11-22(17)36-23-12-13-32-29-25(23)26(35-30(36)39)27(41-29)28(38)34-19-9-8-18(15-19)33-24(37)16-31-2/h3-7,10-14,18-19,31H,8-9,15-16H2,1-2H3,(H,33,37)(H,34,38)(H,35,39)/t18?,19-/m0/s1. The lowest BCUT2D eigenvalue weighted by molar-refractivity contribution is -0.120. The minimum Gasteiger partial charge on any atom is -0.457 e. The van der Waals surface area contributed by atoms with Crippen molar-refractivity contribution in [2.45, 2.75) is 38.3 Å². The van der Waals surface area contributed by atoms with E-state index in [2.05, 4.69) is 26.3 Å². The summed E-state index contributed by atoms with van der Waals surface area (Å²) in [5, 5.41) is 12.6. The van der Waals surface area contributed by atoms with Crippen LogP contribution in [-0.4, -0.2) is 48.5 Å². The van der Waals surface area contributed by atoms with Gasteiger partial charge in [-0.2, -0.15) is 0 Å². The lowest BCUT2D eigenvalue weighted by atomic mass is 10.1. The molecule has 4 N–H and O–H groups in total. The summed E-state index contributed by atoms with van der Waals surface area (Å²) in [5.41, 5.74) is 2.70. The Balaban J connectivity index is 1.24. The first kappa shape index (κ1) is 26.7. The average Bonchev–Trinajstić information content (AvgIpc) is 3.55. The molecule has 210 valence electrons. The topological polar surface area (TPSA) is 125 Å². The summed E-state index contributed by atoms with van der Waals surface area (Å²) in [5.74, 6) is 1.08. The van der Waals surface area contributed by atoms with Crippen molar-refractivity contribution < 1.29 is 19.1 Å². The largest absolute Gasteiger partial charge is 0.457 e. The molecular weight excluding hydrogens is 540 g/mol. The summed E-state index contributed by atoms with van der Waals surface area (Å²) in [6.07, 6.45) is 3.88. The molecule has 6 rings (SSSR count). The predicted octanol–water partition coefficient (Wildman–Crippen LogP) is 5.07. The Kier molecular flexibility index (Phi) is 7.29. The number of hydrogen-bond acceptors (Lipinski definition) is 7. The number of rotatable bonds is 8. The fraction of sp³-hybridized carbons (Fsp3) is 0.267. The molecule has 2 aromatic carbocycles. The number of pyridine rings is 1. The molecule has 10 nitrogen and oxygen atoms in total. The Hall–Kier alpha value is -4.48. The summed E-state index contributed by atoms with van der Waals surface area (Å²) in [6.45, 7) is 2.19. The summed E-state index contributed by atoms with van der Waals surface area (Å²) < 4.78 is 5.97. The van der Waals surface area contributed by atoms with Crippen LogP contribution in [0.1, 0.15) is 34.5 Å². The molecule has 0 bridgehead atoms. The second kappa shape index (κ2) is 11.2. The van der Waals surface area contributed by atoms with Crippen LogP contribution in [0, 0.1) is 6.92 Å². The predicted molar refractivity (Wildman–Crippen MR) is 159 cm³/mol. The van der Waals surface area contributed by atoms with E-state index >= 15 is 0 Å². The van der Waals surface area contributed by atoms with Crippen LogP contribution in [-0.2, 0) is 4.79 Å². The Morgan fingerprint density at radius 3 is 2.59 bits per heavy atom. The molecule has 11 heteroatoms. The van der Waals surface area contributed by atoms with Crippen LogP contribution in [0.5, 0.6) is 11.5 Å². The van der Waals surface area contributed by atoms with E-state index in [1.807, 2.05) is 55.5 Å². The van der Waals surface area contributed by atoms with Gasteiger partial charge in [-0.1, -0.05) is 18.2 Å². The van der Waals surface area contributed by atoms with Crippen LogP contribution in [0.4, 0.5) is 21.9 Å². The van der Waals surface area contributed by atoms with E-state index < -0.39 is 0 Å². The fourth-order valence-corrected chi connectivity index (χ4v) is 6.51. The lowest BCUT2D eigenvalue weighted by Crippen LogP contribution is -2.40. The van der Waals surface area contributed by atoms with Crippen LogP contribution in [0.2, 0.25) is 0 Å². The van der Waals surface area contributed by atoms with Crippen molar-refractivity contribution in [2.75, 3.05) is 23.8 Å². The SMILES string of the molecule is CNCC(=O)NC1CC[C@H](NC(=O)c2sc3nccc4c3c2NC(=O)N4c2ccc(Oc3ccccc3)cc2C)C1. The zero-order chi connectivity index (χ0) is 28.5. The summed E-state index contributed by atoms with van der Waals surface area (Å²) in [7, 11) is 1.73. The van der Waals surface area contributed by atoms with E-state index in [9.17, 15) is 14.4 Å². The number of amides is 4. The van der Waals surface area contributed by atoms with Gasteiger partial charge in [0, 0.05) is 18.3 Å². The monoisotopic (exact) mass is 570 g/mol. The molecule has 0 saturated heterocycles. The minimum atomic E-state index is -0.356. The van der Waals surface area contributed by atoms with Crippen molar-refractivity contribution in [1.29, 1.82) is 0 Å². The van der Waals surface area contributed by atoms with Crippen LogP contribution in [0.25, 0.3) is 10.2 Å². The van der Waals surface area contributed by atoms with Gasteiger partial charge in [-0.15, -0.1) is 11.3 Å². The number of likely N-dealkylation sites (N-methyl/N-ethyl adjacent to an activating group) is 1. The number of urea groups is 1. The van der Waals surface area contributed by atoms with Crippen molar-refractivity contribution in [3.05, 3.63) is 71.2 Å². The Labute approximate surface area is 241 Å². The molecule has 4 aromatic rings. The van der Waals surface area contributed by atoms with Crippen LogP contribution >= 0.6 is 11.3 Å². The number of para-hydroxylation sites is 1. The smallest absolute Gasteiger partial charge is 0.331 e. The number of nitrogens with one attached hydrogen (secondary N) is 4. The second-order valence-corrected chi connectivity index (χ2v) is 11.2. The first-order valence-electron chi connectivity index (χ1n) is 13.5. The number of thiophene rings is 1. The van der Waals surface area contributed by atoms with Gasteiger partial charge in [-0.25, -0.2) is 9.78 Å². The minimum absolute atomic E-state index is 0.0242. The van der Waals surface area contributed by atoms with Gasteiger partial charge in [0.25, 0.3) is 5.91 Å². The first-order chi connectivity index (χ1) is 19.9. The maximum atomic E-state index is 13.5.